The summed E-state index contributed by atoms with van der Waals surface area (Å²) >= 11 is 0. The van der Waals surface area contributed by atoms with Crippen LogP contribution in [0.4, 0.5) is 5.69 Å². The Balaban J connectivity index is 1.51. The van der Waals surface area contributed by atoms with Crippen LogP contribution in [0.1, 0.15) is 31.7 Å². The molecule has 0 radical (unpaired) electrons. The van der Waals surface area contributed by atoms with E-state index in [-0.39, 0.29) is 5.91 Å². The molecule has 0 spiro atoms. The first-order valence-electron chi connectivity index (χ1n) is 8.50. The lowest BCUT2D eigenvalue weighted by atomic mass is 10.2. The SMILES string of the molecule is CCN(CCC(=O)N1CCc2ccccc21)C[C@H]1CCCO1. The van der Waals surface area contributed by atoms with E-state index in [1.165, 1.54) is 12.0 Å². The number of anilines is 1. The van der Waals surface area contributed by atoms with Gasteiger partial charge in [0, 0.05) is 38.3 Å². The summed E-state index contributed by atoms with van der Waals surface area (Å²) in [7, 11) is 0. The van der Waals surface area contributed by atoms with Crippen molar-refractivity contribution >= 4 is 11.6 Å². The van der Waals surface area contributed by atoms with Gasteiger partial charge in [0.05, 0.1) is 6.10 Å². The molecule has 1 fully saturated rings. The summed E-state index contributed by atoms with van der Waals surface area (Å²) in [6.07, 6.45) is 4.27. The lowest BCUT2D eigenvalue weighted by molar-refractivity contribution is -0.118. The van der Waals surface area contributed by atoms with E-state index in [1.807, 2.05) is 17.0 Å². The number of carbonyl (C=O) groups is 1. The van der Waals surface area contributed by atoms with Crippen LogP contribution < -0.4 is 4.90 Å². The summed E-state index contributed by atoms with van der Waals surface area (Å²) in [5.74, 6) is 0.246. The van der Waals surface area contributed by atoms with E-state index in [1.54, 1.807) is 0 Å². The van der Waals surface area contributed by atoms with E-state index >= 15 is 0 Å². The van der Waals surface area contributed by atoms with Crippen LogP contribution in [0, 0.1) is 0 Å². The number of rotatable bonds is 6. The van der Waals surface area contributed by atoms with Gasteiger partial charge in [-0.3, -0.25) is 4.79 Å². The molecule has 1 amide bonds. The first kappa shape index (κ1) is 15.5. The number of para-hydroxylation sites is 1. The molecule has 22 heavy (non-hydrogen) atoms. The zero-order chi connectivity index (χ0) is 15.4. The van der Waals surface area contributed by atoms with Crippen molar-refractivity contribution in [3.8, 4) is 0 Å². The van der Waals surface area contributed by atoms with Gasteiger partial charge in [0.25, 0.3) is 0 Å². The van der Waals surface area contributed by atoms with E-state index in [0.717, 1.165) is 51.3 Å². The fraction of sp³-hybridized carbons (Fsp3) is 0.611. The van der Waals surface area contributed by atoms with Crippen LogP contribution in [-0.2, 0) is 16.0 Å². The molecule has 4 nitrogen and oxygen atoms in total. The van der Waals surface area contributed by atoms with E-state index in [9.17, 15) is 4.79 Å². The molecule has 0 N–H and O–H groups in total. The predicted molar refractivity (Wildman–Crippen MR) is 88.2 cm³/mol. The molecular formula is C18H26N2O2. The third kappa shape index (κ3) is 3.50. The van der Waals surface area contributed by atoms with Crippen molar-refractivity contribution in [1.82, 2.24) is 4.90 Å². The van der Waals surface area contributed by atoms with Crippen molar-refractivity contribution in [2.24, 2.45) is 0 Å². The van der Waals surface area contributed by atoms with Gasteiger partial charge in [-0.1, -0.05) is 25.1 Å². The van der Waals surface area contributed by atoms with Gasteiger partial charge in [-0.15, -0.1) is 0 Å². The van der Waals surface area contributed by atoms with Gasteiger partial charge < -0.3 is 14.5 Å². The Kier molecular flexibility index (Phi) is 5.11. The van der Waals surface area contributed by atoms with Gasteiger partial charge in [0.1, 0.15) is 0 Å². The number of likely N-dealkylation sites (N-methyl/N-ethyl adjacent to an activating group) is 1. The maximum atomic E-state index is 12.5. The Hall–Kier alpha value is -1.39. The standard InChI is InChI=1S/C18H26N2O2/c1-2-19(14-16-7-5-13-22-16)11-10-18(21)20-12-9-15-6-3-4-8-17(15)20/h3-4,6,8,16H,2,5,7,9-14H2,1H3/t16-/m1/s1. The number of hydrogen-bond acceptors (Lipinski definition) is 3. The highest BCUT2D eigenvalue weighted by molar-refractivity contribution is 5.95. The quantitative estimate of drug-likeness (QED) is 0.809. The fourth-order valence-corrected chi connectivity index (χ4v) is 3.44. The minimum Gasteiger partial charge on any atom is -0.377 e. The topological polar surface area (TPSA) is 32.8 Å². The van der Waals surface area contributed by atoms with Crippen LogP contribution in [-0.4, -0.2) is 49.7 Å². The van der Waals surface area contributed by atoms with Gasteiger partial charge in [0.15, 0.2) is 0 Å². The number of ether oxygens (including phenoxy) is 1. The number of amides is 1. The van der Waals surface area contributed by atoms with Gasteiger partial charge in [-0.2, -0.15) is 0 Å². The molecule has 0 bridgehead atoms. The van der Waals surface area contributed by atoms with Crippen LogP contribution >= 0.6 is 0 Å². The number of fused-ring (bicyclic) bond motifs is 1. The Morgan fingerprint density at radius 2 is 2.27 bits per heavy atom. The normalized spacial score (nSPS) is 20.6. The number of benzene rings is 1. The molecule has 1 aromatic carbocycles. The maximum absolute atomic E-state index is 12.5. The molecule has 2 aliphatic rings. The summed E-state index contributed by atoms with van der Waals surface area (Å²) in [6.45, 7) is 6.64. The van der Waals surface area contributed by atoms with Gasteiger partial charge >= 0.3 is 0 Å². The Labute approximate surface area is 133 Å². The van der Waals surface area contributed by atoms with Crippen molar-refractivity contribution in [1.29, 1.82) is 0 Å². The van der Waals surface area contributed by atoms with Crippen LogP contribution in [0.2, 0.25) is 0 Å². The molecule has 120 valence electrons. The maximum Gasteiger partial charge on any atom is 0.228 e. The van der Waals surface area contributed by atoms with E-state index in [2.05, 4.69) is 24.0 Å². The molecule has 0 aromatic heterocycles. The summed E-state index contributed by atoms with van der Waals surface area (Å²) in [5.41, 5.74) is 2.40. The lowest BCUT2D eigenvalue weighted by Crippen LogP contribution is -2.36. The molecule has 2 aliphatic heterocycles. The second-order valence-electron chi connectivity index (χ2n) is 6.20. The molecule has 2 heterocycles. The van der Waals surface area contributed by atoms with Crippen molar-refractivity contribution in [3.63, 3.8) is 0 Å². The minimum absolute atomic E-state index is 0.246. The zero-order valence-electron chi connectivity index (χ0n) is 13.5. The summed E-state index contributed by atoms with van der Waals surface area (Å²) in [5, 5.41) is 0. The Morgan fingerprint density at radius 1 is 1.41 bits per heavy atom. The summed E-state index contributed by atoms with van der Waals surface area (Å²) in [6, 6.07) is 8.25. The second kappa shape index (κ2) is 7.25. The lowest BCUT2D eigenvalue weighted by Gasteiger charge is -2.25. The average molecular weight is 302 g/mol. The monoisotopic (exact) mass is 302 g/mol. The Morgan fingerprint density at radius 3 is 3.05 bits per heavy atom. The number of hydrogen-bond donors (Lipinski definition) is 0. The zero-order valence-corrected chi connectivity index (χ0v) is 13.5. The Bertz CT molecular complexity index is 512. The van der Waals surface area contributed by atoms with Crippen LogP contribution in [0.25, 0.3) is 0 Å². The average Bonchev–Trinajstić information content (AvgIpc) is 3.20. The molecule has 1 saturated heterocycles. The highest BCUT2D eigenvalue weighted by Gasteiger charge is 2.25. The van der Waals surface area contributed by atoms with Crippen molar-refractivity contribution < 1.29 is 9.53 Å². The molecule has 1 aromatic rings. The molecule has 1 atom stereocenters. The van der Waals surface area contributed by atoms with E-state index < -0.39 is 0 Å². The fourth-order valence-electron chi connectivity index (χ4n) is 3.44. The predicted octanol–water partition coefficient (Wildman–Crippen LogP) is 2.47. The van der Waals surface area contributed by atoms with Gasteiger partial charge in [-0.25, -0.2) is 0 Å². The summed E-state index contributed by atoms with van der Waals surface area (Å²) < 4.78 is 5.70. The smallest absolute Gasteiger partial charge is 0.228 e. The molecule has 0 unspecified atom stereocenters. The minimum atomic E-state index is 0.246. The highest BCUT2D eigenvalue weighted by atomic mass is 16.5. The third-order valence-electron chi connectivity index (χ3n) is 4.76. The highest BCUT2D eigenvalue weighted by Crippen LogP contribution is 2.27. The number of carbonyl (C=O) groups excluding carboxylic acids is 1. The van der Waals surface area contributed by atoms with Crippen molar-refractivity contribution in [3.05, 3.63) is 29.8 Å². The third-order valence-corrected chi connectivity index (χ3v) is 4.76. The first-order chi connectivity index (χ1) is 10.8. The number of nitrogens with zero attached hydrogens (tertiary/aromatic N) is 2. The van der Waals surface area contributed by atoms with Crippen molar-refractivity contribution in [2.45, 2.75) is 38.7 Å². The molecule has 0 saturated carbocycles. The van der Waals surface area contributed by atoms with Crippen molar-refractivity contribution in [2.75, 3.05) is 37.7 Å². The van der Waals surface area contributed by atoms with E-state index in [4.69, 9.17) is 4.74 Å². The second-order valence-corrected chi connectivity index (χ2v) is 6.20. The van der Waals surface area contributed by atoms with E-state index in [0.29, 0.717) is 12.5 Å². The molecule has 3 rings (SSSR count). The molecule has 4 heteroatoms. The van der Waals surface area contributed by atoms with Gasteiger partial charge in [-0.05, 0) is 37.4 Å². The van der Waals surface area contributed by atoms with Crippen LogP contribution in [0.15, 0.2) is 24.3 Å². The summed E-state index contributed by atoms with van der Waals surface area (Å²) in [4.78, 5) is 16.8. The first-order valence-corrected chi connectivity index (χ1v) is 8.50. The van der Waals surface area contributed by atoms with Crippen LogP contribution in [0.3, 0.4) is 0 Å². The molecule has 0 aliphatic carbocycles. The van der Waals surface area contributed by atoms with Gasteiger partial charge in [0.2, 0.25) is 5.91 Å². The molecular weight excluding hydrogens is 276 g/mol. The van der Waals surface area contributed by atoms with Crippen LogP contribution in [0.5, 0.6) is 0 Å². The largest absolute Gasteiger partial charge is 0.377 e.